The van der Waals surface area contributed by atoms with E-state index in [2.05, 4.69) is 63.5 Å². The number of anilines is 1. The second kappa shape index (κ2) is 10.1. The molecule has 0 saturated carbocycles. The van der Waals surface area contributed by atoms with E-state index in [4.69, 9.17) is 0 Å². The Hall–Kier alpha value is -2.03. The van der Waals surface area contributed by atoms with Gasteiger partial charge in [0.15, 0.2) is 0 Å². The predicted octanol–water partition coefficient (Wildman–Crippen LogP) is 3.55. The van der Waals surface area contributed by atoms with Crippen molar-refractivity contribution < 1.29 is 9.90 Å². The number of rotatable bonds is 6. The van der Waals surface area contributed by atoms with Crippen molar-refractivity contribution >= 4 is 27.7 Å². The number of aliphatic hydroxyl groups excluding tert-OH is 1. The quantitative estimate of drug-likeness (QED) is 0.634. The molecule has 1 amide bonds. The number of amides is 1. The summed E-state index contributed by atoms with van der Waals surface area (Å²) in [5, 5.41) is 10.3. The Kier molecular flexibility index (Phi) is 7.36. The molecule has 7 nitrogen and oxygen atoms in total. The molecule has 2 heterocycles. The third kappa shape index (κ3) is 5.08. The third-order valence-corrected chi connectivity index (χ3v) is 7.62. The second-order valence-electron chi connectivity index (χ2n) is 9.60. The van der Waals surface area contributed by atoms with Crippen molar-refractivity contribution in [3.63, 3.8) is 0 Å². The molecule has 4 rings (SSSR count). The van der Waals surface area contributed by atoms with Crippen molar-refractivity contribution in [1.82, 2.24) is 19.8 Å². The normalized spacial score (nSPS) is 21.6. The molecule has 1 aromatic carbocycles. The predicted molar refractivity (Wildman–Crippen MR) is 133 cm³/mol. The summed E-state index contributed by atoms with van der Waals surface area (Å²) in [6.45, 7) is 9.89. The molecule has 1 aromatic heterocycles. The maximum absolute atomic E-state index is 13.7. The topological polar surface area (TPSA) is 72.8 Å². The fraction of sp³-hybridized carbons (Fsp3) is 0.560. The van der Waals surface area contributed by atoms with Crippen molar-refractivity contribution in [1.29, 1.82) is 0 Å². The molecule has 2 aliphatic rings. The average Bonchev–Trinajstić information content (AvgIpc) is 3.11. The maximum Gasteiger partial charge on any atom is 0.231 e. The van der Waals surface area contributed by atoms with E-state index >= 15 is 0 Å². The lowest BCUT2D eigenvalue weighted by Crippen LogP contribution is -2.51. The van der Waals surface area contributed by atoms with Crippen molar-refractivity contribution in [3.8, 4) is 0 Å². The van der Waals surface area contributed by atoms with Gasteiger partial charge in [0.1, 0.15) is 12.1 Å². The van der Waals surface area contributed by atoms with Crippen LogP contribution in [-0.4, -0.2) is 76.6 Å². The Morgan fingerprint density at radius 2 is 1.85 bits per heavy atom. The Balaban J connectivity index is 1.49. The second-order valence-corrected chi connectivity index (χ2v) is 10.5. The molecular weight excluding hydrogens is 482 g/mol. The molecule has 0 bridgehead atoms. The van der Waals surface area contributed by atoms with Gasteiger partial charge in [-0.2, -0.15) is 0 Å². The van der Waals surface area contributed by atoms with Gasteiger partial charge in [0.2, 0.25) is 5.91 Å². The molecule has 1 aliphatic heterocycles. The van der Waals surface area contributed by atoms with Crippen LogP contribution < -0.4 is 4.90 Å². The molecule has 8 heteroatoms. The first-order valence-electron chi connectivity index (χ1n) is 11.8. The van der Waals surface area contributed by atoms with Crippen molar-refractivity contribution in [2.24, 2.45) is 0 Å². The number of aliphatic hydroxyl groups is 1. The number of likely N-dealkylation sites (N-methyl/N-ethyl adjacent to an activating group) is 1. The van der Waals surface area contributed by atoms with E-state index < -0.39 is 6.10 Å². The van der Waals surface area contributed by atoms with Crippen LogP contribution in [-0.2, 0) is 4.79 Å². The highest BCUT2D eigenvalue weighted by Gasteiger charge is 2.35. The number of halogens is 1. The number of aromatic nitrogens is 2. The Morgan fingerprint density at radius 1 is 1.18 bits per heavy atom. The van der Waals surface area contributed by atoms with Gasteiger partial charge in [-0.15, -0.1) is 0 Å². The lowest BCUT2D eigenvalue weighted by Gasteiger charge is -2.38. The first-order chi connectivity index (χ1) is 15.8. The first kappa shape index (κ1) is 24.1. The zero-order valence-electron chi connectivity index (χ0n) is 19.9. The zero-order chi connectivity index (χ0) is 23.7. The lowest BCUT2D eigenvalue weighted by atomic mass is 9.96. The Bertz CT molecular complexity index is 975. The van der Waals surface area contributed by atoms with Gasteiger partial charge in [-0.1, -0.05) is 35.0 Å². The summed E-state index contributed by atoms with van der Waals surface area (Å²) in [6, 6.07) is 8.48. The number of carbonyl (C=O) groups is 1. The number of hydrogen-bond donors (Lipinski definition) is 1. The van der Waals surface area contributed by atoms with Crippen LogP contribution in [0.5, 0.6) is 0 Å². The van der Waals surface area contributed by atoms with Gasteiger partial charge in [-0.25, -0.2) is 9.97 Å². The summed E-state index contributed by atoms with van der Waals surface area (Å²) < 4.78 is 1.01. The van der Waals surface area contributed by atoms with E-state index in [0.717, 1.165) is 40.2 Å². The molecule has 0 radical (unpaired) electrons. The largest absolute Gasteiger partial charge is 0.387 e. The summed E-state index contributed by atoms with van der Waals surface area (Å²) >= 11 is 3.50. The summed E-state index contributed by atoms with van der Waals surface area (Å²) in [7, 11) is 2.08. The molecule has 0 spiro atoms. The minimum atomic E-state index is -0.510. The Morgan fingerprint density at radius 3 is 2.48 bits per heavy atom. The first-order valence-corrected chi connectivity index (χ1v) is 12.6. The number of carbonyl (C=O) groups excluding carboxylic acids is 1. The van der Waals surface area contributed by atoms with Gasteiger partial charge in [-0.3, -0.25) is 4.79 Å². The molecule has 1 saturated heterocycles. The standard InChI is InChI=1S/C25H34BrN5O2/c1-16(2)29(4)14-20(18-5-7-19(26)8-6-18)25(33)31-11-9-30(10-12-31)24-22-17(3)13-21(32)23(22)27-15-28-24/h5-8,15-17,20-21,32H,9-14H2,1-4H3/t17-,20-,21-/m1/s1. The average molecular weight is 516 g/mol. The van der Waals surface area contributed by atoms with Crippen LogP contribution in [0, 0.1) is 0 Å². The number of hydrogen-bond acceptors (Lipinski definition) is 6. The molecular formula is C25H34BrN5O2. The summed E-state index contributed by atoms with van der Waals surface area (Å²) in [5.41, 5.74) is 2.88. The highest BCUT2D eigenvalue weighted by Crippen LogP contribution is 2.42. The van der Waals surface area contributed by atoms with Gasteiger partial charge >= 0.3 is 0 Å². The van der Waals surface area contributed by atoms with Crippen molar-refractivity contribution in [2.75, 3.05) is 44.7 Å². The van der Waals surface area contributed by atoms with E-state index in [-0.39, 0.29) is 17.7 Å². The van der Waals surface area contributed by atoms with Gasteiger partial charge < -0.3 is 19.8 Å². The summed E-state index contributed by atoms with van der Waals surface area (Å²) in [5.74, 6) is 1.14. The highest BCUT2D eigenvalue weighted by molar-refractivity contribution is 9.10. The Labute approximate surface area is 204 Å². The van der Waals surface area contributed by atoms with E-state index in [1.807, 2.05) is 29.2 Å². The highest BCUT2D eigenvalue weighted by atomic mass is 79.9. The van der Waals surface area contributed by atoms with Gasteiger partial charge in [0.25, 0.3) is 0 Å². The van der Waals surface area contributed by atoms with Crippen LogP contribution >= 0.6 is 15.9 Å². The molecule has 33 heavy (non-hydrogen) atoms. The molecule has 178 valence electrons. The summed E-state index contributed by atoms with van der Waals surface area (Å²) in [4.78, 5) is 29.1. The number of nitrogens with zero attached hydrogens (tertiary/aromatic N) is 5. The molecule has 1 aliphatic carbocycles. The minimum absolute atomic E-state index is 0.182. The minimum Gasteiger partial charge on any atom is -0.387 e. The molecule has 3 atom stereocenters. The van der Waals surface area contributed by atoms with Crippen LogP contribution in [0.25, 0.3) is 0 Å². The van der Waals surface area contributed by atoms with E-state index in [1.54, 1.807) is 6.33 Å². The zero-order valence-corrected chi connectivity index (χ0v) is 21.5. The van der Waals surface area contributed by atoms with Crippen LogP contribution in [0.15, 0.2) is 35.1 Å². The van der Waals surface area contributed by atoms with E-state index in [1.165, 1.54) is 0 Å². The van der Waals surface area contributed by atoms with Crippen LogP contribution in [0.1, 0.15) is 62.0 Å². The van der Waals surface area contributed by atoms with Gasteiger partial charge in [0.05, 0.1) is 17.7 Å². The molecule has 1 N–H and O–H groups in total. The molecule has 2 aromatic rings. The number of piperazine rings is 1. The van der Waals surface area contributed by atoms with Crippen LogP contribution in [0.2, 0.25) is 0 Å². The smallest absolute Gasteiger partial charge is 0.231 e. The summed E-state index contributed by atoms with van der Waals surface area (Å²) in [6.07, 6.45) is 1.74. The van der Waals surface area contributed by atoms with Gasteiger partial charge in [0, 0.05) is 48.8 Å². The van der Waals surface area contributed by atoms with Crippen molar-refractivity contribution in [3.05, 3.63) is 51.9 Å². The lowest BCUT2D eigenvalue weighted by molar-refractivity contribution is -0.133. The maximum atomic E-state index is 13.7. The fourth-order valence-corrected chi connectivity index (χ4v) is 5.10. The van der Waals surface area contributed by atoms with Crippen molar-refractivity contribution in [2.45, 2.75) is 51.2 Å². The third-order valence-electron chi connectivity index (χ3n) is 7.09. The SMILES string of the molecule is CC(C)N(C)C[C@@H](C(=O)N1CCN(c2ncnc3c2[C@H](C)C[C@H]3O)CC1)c1ccc(Br)cc1. The van der Waals surface area contributed by atoms with E-state index in [0.29, 0.717) is 32.1 Å². The molecule has 0 unspecified atom stereocenters. The number of fused-ring (bicyclic) bond motifs is 1. The molecule has 1 fully saturated rings. The monoisotopic (exact) mass is 515 g/mol. The van der Waals surface area contributed by atoms with Gasteiger partial charge in [-0.05, 0) is 50.9 Å². The van der Waals surface area contributed by atoms with E-state index in [9.17, 15) is 9.90 Å². The van der Waals surface area contributed by atoms with Crippen LogP contribution in [0.3, 0.4) is 0 Å². The van der Waals surface area contributed by atoms with Crippen LogP contribution in [0.4, 0.5) is 5.82 Å². The fourth-order valence-electron chi connectivity index (χ4n) is 4.83. The number of benzene rings is 1.